The first kappa shape index (κ1) is 12.3. The third kappa shape index (κ3) is 3.41. The largest absolute Gasteiger partial charge is 0.461 e. The average Bonchev–Trinajstić information content (AvgIpc) is 2.89. The van der Waals surface area contributed by atoms with Crippen LogP contribution in [0.4, 0.5) is 0 Å². The van der Waals surface area contributed by atoms with Gasteiger partial charge in [0.15, 0.2) is 5.76 Å². The molecule has 1 aromatic heterocycles. The number of likely N-dealkylation sites (N-methyl/N-ethyl adjacent to an activating group) is 1. The van der Waals surface area contributed by atoms with E-state index in [4.69, 9.17) is 4.42 Å². The van der Waals surface area contributed by atoms with Crippen LogP contribution in [0.5, 0.6) is 0 Å². The third-order valence-electron chi connectivity index (χ3n) is 3.27. The first-order valence-electron chi connectivity index (χ1n) is 6.09. The van der Waals surface area contributed by atoms with Gasteiger partial charge in [0.05, 0.1) is 12.8 Å². The highest BCUT2D eigenvalue weighted by molar-refractivity contribution is 5.94. The SMILES string of the molecule is CN1CCC(CN(C)CC(=O)c2ccco2)C1. The second-order valence-electron chi connectivity index (χ2n) is 5.01. The number of nitrogens with zero attached hydrogens (tertiary/aromatic N) is 2. The van der Waals surface area contributed by atoms with Gasteiger partial charge in [0.1, 0.15) is 0 Å². The van der Waals surface area contributed by atoms with Gasteiger partial charge in [0.2, 0.25) is 5.78 Å². The number of carbonyl (C=O) groups is 1. The lowest BCUT2D eigenvalue weighted by atomic mass is 10.1. The maximum Gasteiger partial charge on any atom is 0.211 e. The van der Waals surface area contributed by atoms with Crippen molar-refractivity contribution < 1.29 is 9.21 Å². The molecule has 94 valence electrons. The first-order valence-corrected chi connectivity index (χ1v) is 6.09. The van der Waals surface area contributed by atoms with Crippen LogP contribution in [0.2, 0.25) is 0 Å². The molecule has 1 fully saturated rings. The summed E-state index contributed by atoms with van der Waals surface area (Å²) in [6.07, 6.45) is 2.77. The molecule has 0 amide bonds. The van der Waals surface area contributed by atoms with E-state index in [2.05, 4.69) is 16.8 Å². The minimum absolute atomic E-state index is 0.0591. The Morgan fingerprint density at radius 2 is 2.47 bits per heavy atom. The van der Waals surface area contributed by atoms with Gasteiger partial charge < -0.3 is 9.32 Å². The van der Waals surface area contributed by atoms with Gasteiger partial charge in [-0.15, -0.1) is 0 Å². The first-order chi connectivity index (χ1) is 8.15. The number of Topliss-reactive ketones (excluding diaryl/α,β-unsaturated/α-hetero) is 1. The van der Waals surface area contributed by atoms with E-state index in [1.54, 1.807) is 18.4 Å². The zero-order valence-electron chi connectivity index (χ0n) is 10.6. The van der Waals surface area contributed by atoms with Crippen LogP contribution in [-0.4, -0.2) is 55.9 Å². The highest BCUT2D eigenvalue weighted by atomic mass is 16.3. The van der Waals surface area contributed by atoms with Crippen LogP contribution in [-0.2, 0) is 0 Å². The molecule has 17 heavy (non-hydrogen) atoms. The minimum atomic E-state index is 0.0591. The molecule has 4 heteroatoms. The molecule has 2 heterocycles. The van der Waals surface area contributed by atoms with E-state index in [1.165, 1.54) is 13.0 Å². The van der Waals surface area contributed by atoms with Crippen molar-refractivity contribution in [3.8, 4) is 0 Å². The van der Waals surface area contributed by atoms with E-state index in [0.717, 1.165) is 13.1 Å². The third-order valence-corrected chi connectivity index (χ3v) is 3.27. The number of carbonyl (C=O) groups excluding carboxylic acids is 1. The molecule has 0 bridgehead atoms. The molecule has 0 N–H and O–H groups in total. The molecule has 1 aromatic rings. The molecule has 1 aliphatic heterocycles. The van der Waals surface area contributed by atoms with Crippen molar-refractivity contribution in [1.82, 2.24) is 9.80 Å². The normalized spacial score (nSPS) is 21.2. The van der Waals surface area contributed by atoms with Crippen LogP contribution in [0.3, 0.4) is 0 Å². The zero-order valence-corrected chi connectivity index (χ0v) is 10.6. The van der Waals surface area contributed by atoms with E-state index in [1.807, 2.05) is 7.05 Å². The number of furan rings is 1. The Hall–Kier alpha value is -1.13. The van der Waals surface area contributed by atoms with Crippen LogP contribution in [0, 0.1) is 5.92 Å². The highest BCUT2D eigenvalue weighted by Gasteiger charge is 2.21. The van der Waals surface area contributed by atoms with Gasteiger partial charge in [-0.25, -0.2) is 0 Å². The van der Waals surface area contributed by atoms with Crippen molar-refractivity contribution in [3.05, 3.63) is 24.2 Å². The van der Waals surface area contributed by atoms with Gasteiger partial charge in [-0.1, -0.05) is 0 Å². The van der Waals surface area contributed by atoms with Crippen LogP contribution in [0.15, 0.2) is 22.8 Å². The Kier molecular flexibility index (Phi) is 3.97. The number of hydrogen-bond donors (Lipinski definition) is 0. The molecule has 0 aromatic carbocycles. The Balaban J connectivity index is 1.77. The second kappa shape index (κ2) is 5.47. The van der Waals surface area contributed by atoms with Crippen LogP contribution in [0.1, 0.15) is 17.0 Å². The smallest absolute Gasteiger partial charge is 0.211 e. The summed E-state index contributed by atoms with van der Waals surface area (Å²) in [6.45, 7) is 3.73. The molecule has 4 nitrogen and oxygen atoms in total. The summed E-state index contributed by atoms with van der Waals surface area (Å²) < 4.78 is 5.10. The van der Waals surface area contributed by atoms with Crippen LogP contribution in [0.25, 0.3) is 0 Å². The lowest BCUT2D eigenvalue weighted by Crippen LogP contribution is -2.31. The Morgan fingerprint density at radius 3 is 3.06 bits per heavy atom. The number of ketones is 1. The molecule has 1 unspecified atom stereocenters. The summed E-state index contributed by atoms with van der Waals surface area (Å²) in [5, 5.41) is 0. The predicted octanol–water partition coefficient (Wildman–Crippen LogP) is 1.35. The maximum absolute atomic E-state index is 11.8. The van der Waals surface area contributed by atoms with E-state index >= 15 is 0 Å². The summed E-state index contributed by atoms with van der Waals surface area (Å²) in [6, 6.07) is 3.47. The molecule has 0 radical (unpaired) electrons. The number of rotatable bonds is 5. The minimum Gasteiger partial charge on any atom is -0.461 e. The Labute approximate surface area is 102 Å². The molecule has 1 aliphatic rings. The molecular weight excluding hydrogens is 216 g/mol. The summed E-state index contributed by atoms with van der Waals surface area (Å²) in [4.78, 5) is 16.2. The van der Waals surface area contributed by atoms with E-state index in [9.17, 15) is 4.79 Å². The maximum atomic E-state index is 11.8. The van der Waals surface area contributed by atoms with Crippen LogP contribution < -0.4 is 0 Å². The molecule has 0 saturated carbocycles. The van der Waals surface area contributed by atoms with Crippen molar-refractivity contribution in [1.29, 1.82) is 0 Å². The van der Waals surface area contributed by atoms with Crippen molar-refractivity contribution in [2.24, 2.45) is 5.92 Å². The van der Waals surface area contributed by atoms with Gasteiger partial charge in [0.25, 0.3) is 0 Å². The van der Waals surface area contributed by atoms with E-state index in [-0.39, 0.29) is 5.78 Å². The highest BCUT2D eigenvalue weighted by Crippen LogP contribution is 2.15. The average molecular weight is 236 g/mol. The fraction of sp³-hybridized carbons (Fsp3) is 0.615. The molecule has 0 aliphatic carbocycles. The monoisotopic (exact) mass is 236 g/mol. The van der Waals surface area contributed by atoms with E-state index in [0.29, 0.717) is 18.2 Å². The molecular formula is C13H20N2O2. The lowest BCUT2D eigenvalue weighted by molar-refractivity contribution is 0.0911. The molecule has 2 rings (SSSR count). The summed E-state index contributed by atoms with van der Waals surface area (Å²) >= 11 is 0. The Bertz CT molecular complexity index is 362. The second-order valence-corrected chi connectivity index (χ2v) is 5.01. The molecule has 1 saturated heterocycles. The van der Waals surface area contributed by atoms with Crippen LogP contribution >= 0.6 is 0 Å². The fourth-order valence-electron chi connectivity index (χ4n) is 2.44. The zero-order chi connectivity index (χ0) is 12.3. The summed E-state index contributed by atoms with van der Waals surface area (Å²) in [5.41, 5.74) is 0. The quantitative estimate of drug-likeness (QED) is 0.723. The van der Waals surface area contributed by atoms with E-state index < -0.39 is 0 Å². The van der Waals surface area contributed by atoms with Crippen molar-refractivity contribution >= 4 is 5.78 Å². The van der Waals surface area contributed by atoms with Gasteiger partial charge in [0, 0.05) is 13.1 Å². The van der Waals surface area contributed by atoms with Gasteiger partial charge in [-0.05, 0) is 45.1 Å². The molecule has 1 atom stereocenters. The number of likely N-dealkylation sites (tertiary alicyclic amines) is 1. The topological polar surface area (TPSA) is 36.7 Å². The Morgan fingerprint density at radius 1 is 1.65 bits per heavy atom. The standard InChI is InChI=1S/C13H20N2O2/c1-14-6-5-11(8-14)9-15(2)10-12(16)13-4-3-7-17-13/h3-4,7,11H,5-6,8-10H2,1-2H3. The summed E-state index contributed by atoms with van der Waals surface area (Å²) in [7, 11) is 4.15. The number of hydrogen-bond acceptors (Lipinski definition) is 4. The van der Waals surface area contributed by atoms with Crippen molar-refractivity contribution in [3.63, 3.8) is 0 Å². The molecule has 0 spiro atoms. The predicted molar refractivity (Wildman–Crippen MR) is 66.1 cm³/mol. The van der Waals surface area contributed by atoms with Gasteiger partial charge in [-0.3, -0.25) is 9.69 Å². The summed E-state index contributed by atoms with van der Waals surface area (Å²) in [5.74, 6) is 1.21. The van der Waals surface area contributed by atoms with Crippen molar-refractivity contribution in [2.45, 2.75) is 6.42 Å². The fourth-order valence-corrected chi connectivity index (χ4v) is 2.44. The lowest BCUT2D eigenvalue weighted by Gasteiger charge is -2.19. The van der Waals surface area contributed by atoms with Gasteiger partial charge in [-0.2, -0.15) is 0 Å². The van der Waals surface area contributed by atoms with Gasteiger partial charge >= 0.3 is 0 Å². The van der Waals surface area contributed by atoms with Crippen molar-refractivity contribution in [2.75, 3.05) is 40.3 Å².